The molecule has 0 aliphatic carbocycles. The molecule has 0 spiro atoms. The van der Waals surface area contributed by atoms with Gasteiger partial charge in [-0.2, -0.15) is 0 Å². The molecule has 53 heavy (non-hydrogen) atoms. The van der Waals surface area contributed by atoms with E-state index < -0.39 is 0 Å². The van der Waals surface area contributed by atoms with Crippen LogP contribution in [0.2, 0.25) is 0 Å². The van der Waals surface area contributed by atoms with E-state index in [4.69, 9.17) is 0 Å². The topological polar surface area (TPSA) is 14.8 Å². The number of hydrogen-bond donors (Lipinski definition) is 0. The molecule has 0 amide bonds. The minimum Gasteiger partial charge on any atom is -0.314 e. The third-order valence-electron chi connectivity index (χ3n) is 10.9. The van der Waals surface area contributed by atoms with E-state index in [0.717, 1.165) is 17.1 Å². The highest BCUT2D eigenvalue weighted by Gasteiger charge is 2.21. The maximum Gasteiger partial charge on any atom is 0.0788 e. The summed E-state index contributed by atoms with van der Waals surface area (Å²) in [6, 6.07) is 70.3. The first kappa shape index (κ1) is 29.6. The highest BCUT2D eigenvalue weighted by molar-refractivity contribution is 6.20. The van der Waals surface area contributed by atoms with Gasteiger partial charge in [-0.3, -0.25) is 0 Å². The lowest BCUT2D eigenvalue weighted by Crippen LogP contribution is -1.99. The fraction of sp³-hybridized carbons (Fsp3) is 0. The molecule has 3 aromatic heterocycles. The first-order valence-electron chi connectivity index (χ1n) is 18.2. The van der Waals surface area contributed by atoms with Crippen LogP contribution in [0.25, 0.3) is 93.8 Å². The van der Waals surface area contributed by atoms with Gasteiger partial charge in [0.2, 0.25) is 0 Å². The van der Waals surface area contributed by atoms with Crippen LogP contribution in [0.1, 0.15) is 0 Å². The Morgan fingerprint density at radius 2 is 0.811 bits per heavy atom. The second-order valence-corrected chi connectivity index (χ2v) is 13.8. The van der Waals surface area contributed by atoms with Crippen LogP contribution in [0.4, 0.5) is 0 Å². The third kappa shape index (κ3) is 4.54. The van der Waals surface area contributed by atoms with Gasteiger partial charge in [0, 0.05) is 55.8 Å². The molecule has 11 aromatic rings. The molecular weight excluding hydrogens is 643 g/mol. The molecule has 3 nitrogen and oxygen atoms in total. The van der Waals surface area contributed by atoms with E-state index in [1.54, 1.807) is 0 Å². The Hall–Kier alpha value is -7.10. The molecule has 3 heteroatoms. The zero-order chi connectivity index (χ0) is 34.9. The van der Waals surface area contributed by atoms with Gasteiger partial charge in [0.25, 0.3) is 0 Å². The molecule has 0 aliphatic heterocycles. The van der Waals surface area contributed by atoms with E-state index >= 15 is 0 Å². The number of para-hydroxylation sites is 3. The average Bonchev–Trinajstić information content (AvgIpc) is 3.90. The smallest absolute Gasteiger partial charge is 0.0788 e. The maximum absolute atomic E-state index is 2.46. The highest BCUT2D eigenvalue weighted by Crippen LogP contribution is 2.42. The van der Waals surface area contributed by atoms with E-state index in [0.29, 0.717) is 0 Å². The Bertz CT molecular complexity index is 3130. The Balaban J connectivity index is 1.15. The minimum absolute atomic E-state index is 1.13. The number of nitrogens with zero attached hydrogens (tertiary/aromatic N) is 3. The van der Waals surface area contributed by atoms with Crippen LogP contribution >= 0.6 is 0 Å². The summed E-state index contributed by atoms with van der Waals surface area (Å²) in [5.74, 6) is 0. The standard InChI is InChI=1S/C50H33N3/c1-4-14-34(15-5-1)36-24-31-48-44(32-36)41-21-11-12-22-46(41)52(48)38-25-27-39(28-26-38)53-47-23-13-10-20-40(47)42-29-30-43-45(35-16-6-2-7-17-35)33-51(49(43)50(42)53)37-18-8-3-9-19-37/h1-33H. The van der Waals surface area contributed by atoms with Crippen molar-refractivity contribution in [3.05, 3.63) is 200 Å². The number of rotatable bonds is 5. The van der Waals surface area contributed by atoms with Crippen LogP contribution in [-0.2, 0) is 0 Å². The van der Waals surface area contributed by atoms with E-state index in [-0.39, 0.29) is 0 Å². The molecule has 0 aliphatic rings. The normalized spacial score (nSPS) is 11.8. The van der Waals surface area contributed by atoms with E-state index in [1.807, 2.05) is 0 Å². The second kappa shape index (κ2) is 11.7. The zero-order valence-electron chi connectivity index (χ0n) is 28.9. The van der Waals surface area contributed by atoms with Gasteiger partial charge >= 0.3 is 0 Å². The number of fused-ring (bicyclic) bond motifs is 8. The summed E-state index contributed by atoms with van der Waals surface area (Å²) in [7, 11) is 0. The average molecular weight is 676 g/mol. The summed E-state index contributed by atoms with van der Waals surface area (Å²) in [5, 5.41) is 6.22. The summed E-state index contributed by atoms with van der Waals surface area (Å²) in [6.07, 6.45) is 2.31. The summed E-state index contributed by atoms with van der Waals surface area (Å²) in [4.78, 5) is 0. The fourth-order valence-corrected chi connectivity index (χ4v) is 8.48. The molecule has 3 heterocycles. The van der Waals surface area contributed by atoms with Gasteiger partial charge in [-0.05, 0) is 77.4 Å². The van der Waals surface area contributed by atoms with Gasteiger partial charge in [0.1, 0.15) is 0 Å². The Kier molecular flexibility index (Phi) is 6.55. The molecule has 0 atom stereocenters. The van der Waals surface area contributed by atoms with Crippen LogP contribution in [0.15, 0.2) is 200 Å². The fourth-order valence-electron chi connectivity index (χ4n) is 8.48. The van der Waals surface area contributed by atoms with Crippen molar-refractivity contribution >= 4 is 54.5 Å². The predicted molar refractivity (Wildman–Crippen MR) is 223 cm³/mol. The van der Waals surface area contributed by atoms with Crippen molar-refractivity contribution in [3.8, 4) is 39.3 Å². The molecular formula is C50H33N3. The zero-order valence-corrected chi connectivity index (χ0v) is 28.9. The lowest BCUT2D eigenvalue weighted by atomic mass is 10.0. The Morgan fingerprint density at radius 1 is 0.283 bits per heavy atom. The molecule has 0 N–H and O–H groups in total. The van der Waals surface area contributed by atoms with E-state index in [9.17, 15) is 0 Å². The van der Waals surface area contributed by atoms with Gasteiger partial charge in [-0.15, -0.1) is 0 Å². The molecule has 248 valence electrons. The van der Waals surface area contributed by atoms with E-state index in [1.165, 1.54) is 76.8 Å². The largest absolute Gasteiger partial charge is 0.314 e. The Morgan fingerprint density at radius 3 is 1.51 bits per heavy atom. The Labute approximate surface area is 306 Å². The number of aromatic nitrogens is 3. The quantitative estimate of drug-likeness (QED) is 0.172. The number of benzene rings is 8. The van der Waals surface area contributed by atoms with Crippen LogP contribution in [0, 0.1) is 0 Å². The summed E-state index contributed by atoms with van der Waals surface area (Å²) < 4.78 is 7.24. The van der Waals surface area contributed by atoms with Crippen LogP contribution in [-0.4, -0.2) is 13.7 Å². The SMILES string of the molecule is c1ccc(-c2ccc3c(c2)c2ccccc2n3-c2ccc(-n3c4ccccc4c4ccc5c(-c6ccccc6)cn(-c6ccccc6)c5c43)cc2)cc1. The van der Waals surface area contributed by atoms with Crippen molar-refractivity contribution in [2.75, 3.05) is 0 Å². The predicted octanol–water partition coefficient (Wildman–Crippen LogP) is 13.2. The van der Waals surface area contributed by atoms with Crippen molar-refractivity contribution in [2.45, 2.75) is 0 Å². The summed E-state index contributed by atoms with van der Waals surface area (Å²) >= 11 is 0. The molecule has 0 radical (unpaired) electrons. The second-order valence-electron chi connectivity index (χ2n) is 13.8. The van der Waals surface area contributed by atoms with Gasteiger partial charge < -0.3 is 13.7 Å². The monoisotopic (exact) mass is 675 g/mol. The van der Waals surface area contributed by atoms with Crippen LogP contribution < -0.4 is 0 Å². The maximum atomic E-state index is 2.46. The van der Waals surface area contributed by atoms with Gasteiger partial charge in [0.15, 0.2) is 0 Å². The lowest BCUT2D eigenvalue weighted by molar-refractivity contribution is 1.11. The first-order valence-corrected chi connectivity index (χ1v) is 18.2. The number of hydrogen-bond acceptors (Lipinski definition) is 0. The molecule has 11 rings (SSSR count). The van der Waals surface area contributed by atoms with Gasteiger partial charge in [0.05, 0.1) is 27.6 Å². The summed E-state index contributed by atoms with van der Waals surface area (Å²) in [5.41, 5.74) is 14.3. The van der Waals surface area contributed by atoms with Crippen LogP contribution in [0.5, 0.6) is 0 Å². The van der Waals surface area contributed by atoms with E-state index in [2.05, 4.69) is 214 Å². The summed E-state index contributed by atoms with van der Waals surface area (Å²) in [6.45, 7) is 0. The molecule has 0 unspecified atom stereocenters. The van der Waals surface area contributed by atoms with Crippen molar-refractivity contribution < 1.29 is 0 Å². The molecule has 0 saturated heterocycles. The van der Waals surface area contributed by atoms with Crippen molar-refractivity contribution in [1.29, 1.82) is 0 Å². The van der Waals surface area contributed by atoms with Crippen molar-refractivity contribution in [1.82, 2.24) is 13.7 Å². The van der Waals surface area contributed by atoms with Gasteiger partial charge in [-0.1, -0.05) is 133 Å². The van der Waals surface area contributed by atoms with Crippen LogP contribution in [0.3, 0.4) is 0 Å². The molecule has 0 fully saturated rings. The molecule has 0 bridgehead atoms. The first-order chi connectivity index (χ1) is 26.3. The lowest BCUT2D eigenvalue weighted by Gasteiger charge is -2.13. The van der Waals surface area contributed by atoms with Gasteiger partial charge in [-0.25, -0.2) is 0 Å². The highest BCUT2D eigenvalue weighted by atomic mass is 15.0. The third-order valence-corrected chi connectivity index (χ3v) is 10.9. The molecule has 8 aromatic carbocycles. The van der Waals surface area contributed by atoms with Crippen molar-refractivity contribution in [2.24, 2.45) is 0 Å². The van der Waals surface area contributed by atoms with Crippen molar-refractivity contribution in [3.63, 3.8) is 0 Å². The minimum atomic E-state index is 1.13. The molecule has 0 saturated carbocycles.